The molecule has 5 unspecified atom stereocenters. The third-order valence-corrected chi connectivity index (χ3v) is 6.83. The Morgan fingerprint density at radius 3 is 2.21 bits per heavy atom. The van der Waals surface area contributed by atoms with Gasteiger partial charge in [0.1, 0.15) is 29.9 Å². The van der Waals surface area contributed by atoms with Crippen molar-refractivity contribution >= 4 is 35.9 Å². The number of benzene rings is 2. The van der Waals surface area contributed by atoms with E-state index in [1.54, 1.807) is 0 Å². The van der Waals surface area contributed by atoms with E-state index in [-0.39, 0.29) is 17.7 Å². The molecule has 0 aromatic heterocycles. The van der Waals surface area contributed by atoms with E-state index in [9.17, 15) is 40.7 Å². The van der Waals surface area contributed by atoms with Crippen molar-refractivity contribution in [2.45, 2.75) is 54.9 Å². The van der Waals surface area contributed by atoms with Crippen LogP contribution in [0.5, 0.6) is 5.75 Å². The molecule has 0 amide bonds. The van der Waals surface area contributed by atoms with E-state index < -0.39 is 77.9 Å². The first-order valence-electron chi connectivity index (χ1n) is 12.1. The lowest BCUT2D eigenvalue weighted by atomic mass is 9.96. The van der Waals surface area contributed by atoms with Crippen LogP contribution in [0.1, 0.15) is 19.4 Å². The molecule has 0 aliphatic carbocycles. The Kier molecular flexibility index (Phi) is 11.2. The van der Waals surface area contributed by atoms with Crippen molar-refractivity contribution in [3.63, 3.8) is 0 Å². The standard InChI is InChI=1S/C26H24F6N2O8S/c1-12(36)38-10-20-23(39-11-35)22(34-9-19(33)14-7-17(27)21(29)18(28)8-14)24(40-13(2)37)25(41-20)43-16-5-3-15(4-6-16)42-26(30,31)32/h3-9,11,20,22-25,34H,10,33H2,1-2H3/b19-9-. The fraction of sp³-hybridized carbons (Fsp3) is 0.346. The van der Waals surface area contributed by atoms with Crippen molar-refractivity contribution in [1.82, 2.24) is 5.32 Å². The van der Waals surface area contributed by atoms with Crippen LogP contribution in [0.2, 0.25) is 0 Å². The minimum Gasteiger partial charge on any atom is -0.463 e. The molecule has 1 aliphatic heterocycles. The molecule has 17 heteroatoms. The zero-order chi connectivity index (χ0) is 31.9. The molecule has 10 nitrogen and oxygen atoms in total. The number of rotatable bonds is 11. The van der Waals surface area contributed by atoms with E-state index in [4.69, 9.17) is 24.7 Å². The first kappa shape index (κ1) is 33.4. The maximum Gasteiger partial charge on any atom is 0.573 e. The van der Waals surface area contributed by atoms with Crippen LogP contribution >= 0.6 is 11.8 Å². The molecule has 0 bridgehead atoms. The summed E-state index contributed by atoms with van der Waals surface area (Å²) >= 11 is 0.886. The molecular weight excluding hydrogens is 614 g/mol. The molecule has 2 aromatic rings. The number of thioether (sulfide) groups is 1. The number of carbonyl (C=O) groups is 3. The molecule has 1 aliphatic rings. The molecule has 0 radical (unpaired) electrons. The fourth-order valence-electron chi connectivity index (χ4n) is 3.94. The zero-order valence-electron chi connectivity index (χ0n) is 22.2. The second-order valence-electron chi connectivity index (χ2n) is 8.80. The van der Waals surface area contributed by atoms with Crippen LogP contribution in [0.4, 0.5) is 26.3 Å². The van der Waals surface area contributed by atoms with E-state index in [2.05, 4.69) is 10.1 Å². The quantitative estimate of drug-likeness (QED) is 0.122. The first-order chi connectivity index (χ1) is 20.2. The van der Waals surface area contributed by atoms with Gasteiger partial charge in [0.2, 0.25) is 0 Å². The van der Waals surface area contributed by atoms with Crippen LogP contribution in [0.25, 0.3) is 5.70 Å². The van der Waals surface area contributed by atoms with Crippen molar-refractivity contribution < 1.29 is 64.4 Å². The molecule has 1 fully saturated rings. The van der Waals surface area contributed by atoms with Crippen molar-refractivity contribution in [2.24, 2.45) is 5.73 Å². The van der Waals surface area contributed by atoms with E-state index >= 15 is 0 Å². The summed E-state index contributed by atoms with van der Waals surface area (Å²) in [6, 6.07) is 4.66. The van der Waals surface area contributed by atoms with Gasteiger partial charge in [-0.15, -0.1) is 13.2 Å². The topological polar surface area (TPSA) is 135 Å². The van der Waals surface area contributed by atoms with Gasteiger partial charge in [0.05, 0.1) is 5.70 Å². The molecule has 5 atom stereocenters. The largest absolute Gasteiger partial charge is 0.573 e. The van der Waals surface area contributed by atoms with Gasteiger partial charge in [0, 0.05) is 30.5 Å². The maximum absolute atomic E-state index is 13.8. The minimum absolute atomic E-state index is 0.0545. The minimum atomic E-state index is -4.92. The van der Waals surface area contributed by atoms with Crippen molar-refractivity contribution in [1.29, 1.82) is 0 Å². The van der Waals surface area contributed by atoms with Crippen molar-refractivity contribution in [2.75, 3.05) is 6.61 Å². The highest BCUT2D eigenvalue weighted by Gasteiger charge is 2.50. The molecule has 1 saturated heterocycles. The van der Waals surface area contributed by atoms with Gasteiger partial charge in [0.15, 0.2) is 29.7 Å². The van der Waals surface area contributed by atoms with Crippen LogP contribution < -0.4 is 15.8 Å². The number of nitrogens with two attached hydrogens (primary N) is 1. The zero-order valence-corrected chi connectivity index (χ0v) is 23.0. The Hall–Kier alpha value is -4.12. The number of carbonyl (C=O) groups excluding carboxylic acids is 3. The monoisotopic (exact) mass is 638 g/mol. The number of halogens is 6. The summed E-state index contributed by atoms with van der Waals surface area (Å²) in [5.41, 5.74) is 4.20. The average molecular weight is 639 g/mol. The summed E-state index contributed by atoms with van der Waals surface area (Å²) in [7, 11) is 0. The molecule has 43 heavy (non-hydrogen) atoms. The molecule has 2 aromatic carbocycles. The molecular formula is C26H24F6N2O8S. The molecule has 3 N–H and O–H groups in total. The molecule has 1 heterocycles. The highest BCUT2D eigenvalue weighted by Crippen LogP contribution is 2.37. The molecule has 0 spiro atoms. The van der Waals surface area contributed by atoms with Gasteiger partial charge in [0.25, 0.3) is 6.47 Å². The third kappa shape index (κ3) is 9.44. The predicted molar refractivity (Wildman–Crippen MR) is 136 cm³/mol. The van der Waals surface area contributed by atoms with Crippen molar-refractivity contribution in [3.8, 4) is 5.75 Å². The molecule has 234 valence electrons. The smallest absolute Gasteiger partial charge is 0.463 e. The third-order valence-electron chi connectivity index (χ3n) is 5.68. The lowest BCUT2D eigenvalue weighted by Gasteiger charge is -2.44. The predicted octanol–water partition coefficient (Wildman–Crippen LogP) is 3.77. The Morgan fingerprint density at radius 1 is 1.05 bits per heavy atom. The van der Waals surface area contributed by atoms with Gasteiger partial charge in [-0.05, 0) is 36.4 Å². The summed E-state index contributed by atoms with van der Waals surface area (Å²) in [6.07, 6.45) is -7.73. The van der Waals surface area contributed by atoms with Crippen LogP contribution in [0, 0.1) is 17.5 Å². The fourth-order valence-corrected chi connectivity index (χ4v) is 5.05. The van der Waals surface area contributed by atoms with Crippen molar-refractivity contribution in [3.05, 3.63) is 65.6 Å². The number of alkyl halides is 3. The van der Waals surface area contributed by atoms with Gasteiger partial charge in [-0.25, -0.2) is 13.2 Å². The lowest BCUT2D eigenvalue weighted by Crippen LogP contribution is -2.64. The normalized spacial score (nSPS) is 22.3. The average Bonchev–Trinajstić information content (AvgIpc) is 2.91. The van der Waals surface area contributed by atoms with Gasteiger partial charge >= 0.3 is 18.3 Å². The number of hydrogen-bond donors (Lipinski definition) is 2. The van der Waals surface area contributed by atoms with Gasteiger partial charge < -0.3 is 34.7 Å². The Morgan fingerprint density at radius 2 is 1.67 bits per heavy atom. The first-order valence-corrected chi connectivity index (χ1v) is 13.0. The number of hydrogen-bond acceptors (Lipinski definition) is 11. The summed E-state index contributed by atoms with van der Waals surface area (Å²) in [5.74, 6) is -6.77. The Balaban J connectivity index is 1.99. The summed E-state index contributed by atoms with van der Waals surface area (Å²) in [4.78, 5) is 35.3. The summed E-state index contributed by atoms with van der Waals surface area (Å²) in [5, 5.41) is 2.77. The van der Waals surface area contributed by atoms with Crippen LogP contribution in [-0.2, 0) is 33.3 Å². The number of nitrogens with one attached hydrogen (secondary N) is 1. The van der Waals surface area contributed by atoms with Gasteiger partial charge in [-0.3, -0.25) is 14.4 Å². The summed E-state index contributed by atoms with van der Waals surface area (Å²) in [6.45, 7) is 1.77. The van der Waals surface area contributed by atoms with Crippen LogP contribution in [-0.4, -0.2) is 61.2 Å². The molecule has 0 saturated carbocycles. The van der Waals surface area contributed by atoms with Gasteiger partial charge in [-0.2, -0.15) is 0 Å². The number of ether oxygens (including phenoxy) is 5. The highest BCUT2D eigenvalue weighted by atomic mass is 32.2. The van der Waals surface area contributed by atoms with E-state index in [0.29, 0.717) is 17.0 Å². The number of esters is 2. The van der Waals surface area contributed by atoms with E-state index in [1.165, 1.54) is 12.1 Å². The highest BCUT2D eigenvalue weighted by molar-refractivity contribution is 7.99. The Bertz CT molecular complexity index is 1320. The van der Waals surface area contributed by atoms with E-state index in [0.717, 1.165) is 43.9 Å². The second-order valence-corrected chi connectivity index (χ2v) is 9.97. The SMILES string of the molecule is CC(=O)OCC1OC(Sc2ccc(OC(F)(F)F)cc2)C(OC(C)=O)C(N/C=C(\N)c2cc(F)c(F)c(F)c2)C1OC=O. The Labute approximate surface area is 244 Å². The van der Waals surface area contributed by atoms with Crippen LogP contribution in [0.3, 0.4) is 0 Å². The molecule has 3 rings (SSSR count). The van der Waals surface area contributed by atoms with E-state index in [1.807, 2.05) is 0 Å². The second kappa shape index (κ2) is 14.4. The van der Waals surface area contributed by atoms with Gasteiger partial charge in [-0.1, -0.05) is 11.8 Å². The summed E-state index contributed by atoms with van der Waals surface area (Å²) < 4.78 is 104. The maximum atomic E-state index is 13.8. The lowest BCUT2D eigenvalue weighted by molar-refractivity contribution is -0.274. The van der Waals surface area contributed by atoms with Crippen LogP contribution in [0.15, 0.2) is 47.5 Å².